The Bertz CT molecular complexity index is 873. The molecule has 2 rings (SSSR count). The van der Waals surface area contributed by atoms with Gasteiger partial charge in [0.1, 0.15) is 11.2 Å². The SMILES string of the molecule is Cc1cc(SC#N)ccc1NC(=O)COC(=O)/C=C/c1ccc(F)cc1. The van der Waals surface area contributed by atoms with Gasteiger partial charge < -0.3 is 10.1 Å². The van der Waals surface area contributed by atoms with Gasteiger partial charge in [-0.1, -0.05) is 12.1 Å². The second kappa shape index (κ2) is 9.39. The minimum Gasteiger partial charge on any atom is -0.452 e. The van der Waals surface area contributed by atoms with Gasteiger partial charge in [-0.2, -0.15) is 5.26 Å². The van der Waals surface area contributed by atoms with Crippen LogP contribution in [0.3, 0.4) is 0 Å². The number of thioether (sulfide) groups is 1. The molecule has 26 heavy (non-hydrogen) atoms. The number of carbonyl (C=O) groups excluding carboxylic acids is 2. The van der Waals surface area contributed by atoms with Gasteiger partial charge >= 0.3 is 5.97 Å². The summed E-state index contributed by atoms with van der Waals surface area (Å²) in [7, 11) is 0. The predicted molar refractivity (Wildman–Crippen MR) is 97.7 cm³/mol. The van der Waals surface area contributed by atoms with E-state index in [2.05, 4.69) is 5.32 Å². The maximum Gasteiger partial charge on any atom is 0.331 e. The molecule has 0 unspecified atom stereocenters. The number of ether oxygens (including phenoxy) is 1. The van der Waals surface area contributed by atoms with Crippen LogP contribution < -0.4 is 5.32 Å². The molecule has 0 radical (unpaired) electrons. The van der Waals surface area contributed by atoms with Crippen molar-refractivity contribution in [3.8, 4) is 5.40 Å². The van der Waals surface area contributed by atoms with Gasteiger partial charge in [0.05, 0.1) is 0 Å². The molecule has 132 valence electrons. The zero-order chi connectivity index (χ0) is 18.9. The average molecular weight is 370 g/mol. The fourth-order valence-electron chi connectivity index (χ4n) is 2.00. The zero-order valence-electron chi connectivity index (χ0n) is 13.9. The smallest absolute Gasteiger partial charge is 0.331 e. The molecule has 0 aliphatic rings. The zero-order valence-corrected chi connectivity index (χ0v) is 14.7. The maximum atomic E-state index is 12.8. The van der Waals surface area contributed by atoms with Crippen LogP contribution in [-0.4, -0.2) is 18.5 Å². The summed E-state index contributed by atoms with van der Waals surface area (Å²) in [4.78, 5) is 24.3. The van der Waals surface area contributed by atoms with E-state index in [-0.39, 0.29) is 5.82 Å². The first-order valence-corrected chi connectivity index (χ1v) is 8.36. The number of nitriles is 1. The fraction of sp³-hybridized carbons (Fsp3) is 0.105. The van der Waals surface area contributed by atoms with Crippen LogP contribution in [0.4, 0.5) is 10.1 Å². The number of rotatable bonds is 6. The molecule has 0 spiro atoms. The normalized spacial score (nSPS) is 10.3. The molecule has 0 aliphatic carbocycles. The summed E-state index contributed by atoms with van der Waals surface area (Å²) in [6.07, 6.45) is 2.63. The lowest BCUT2D eigenvalue weighted by Gasteiger charge is -2.09. The summed E-state index contributed by atoms with van der Waals surface area (Å²) in [5.74, 6) is -1.52. The van der Waals surface area contributed by atoms with E-state index in [0.29, 0.717) is 11.3 Å². The van der Waals surface area contributed by atoms with E-state index in [0.717, 1.165) is 22.2 Å². The van der Waals surface area contributed by atoms with Crippen LogP contribution in [0, 0.1) is 23.4 Å². The Morgan fingerprint density at radius 1 is 1.27 bits per heavy atom. The lowest BCUT2D eigenvalue weighted by atomic mass is 10.2. The van der Waals surface area contributed by atoms with Crippen molar-refractivity contribution in [1.82, 2.24) is 0 Å². The first-order valence-electron chi connectivity index (χ1n) is 7.55. The summed E-state index contributed by atoms with van der Waals surface area (Å²) >= 11 is 1.03. The van der Waals surface area contributed by atoms with Gasteiger partial charge in [0.25, 0.3) is 5.91 Å². The highest BCUT2D eigenvalue weighted by molar-refractivity contribution is 8.03. The quantitative estimate of drug-likeness (QED) is 0.361. The summed E-state index contributed by atoms with van der Waals surface area (Å²) in [6.45, 7) is 1.37. The van der Waals surface area contributed by atoms with E-state index in [1.807, 2.05) is 5.40 Å². The number of nitrogens with one attached hydrogen (secondary N) is 1. The lowest BCUT2D eigenvalue weighted by molar-refractivity contribution is -0.142. The standard InChI is InChI=1S/C19H15FN2O3S/c1-13-10-16(26-12-21)7-8-17(13)22-18(23)11-25-19(24)9-4-14-2-5-15(20)6-3-14/h2-10H,11H2,1H3,(H,22,23)/b9-4+. The number of hydrogen-bond acceptors (Lipinski definition) is 5. The number of aryl methyl sites for hydroxylation is 1. The minimum absolute atomic E-state index is 0.365. The van der Waals surface area contributed by atoms with E-state index < -0.39 is 18.5 Å². The monoisotopic (exact) mass is 370 g/mol. The highest BCUT2D eigenvalue weighted by Crippen LogP contribution is 2.23. The van der Waals surface area contributed by atoms with Crippen molar-refractivity contribution in [3.05, 3.63) is 65.5 Å². The van der Waals surface area contributed by atoms with Crippen molar-refractivity contribution in [2.75, 3.05) is 11.9 Å². The van der Waals surface area contributed by atoms with Crippen LogP contribution >= 0.6 is 11.8 Å². The Hall–Kier alpha value is -3.11. The first kappa shape index (κ1) is 19.2. The Morgan fingerprint density at radius 3 is 2.65 bits per heavy atom. The summed E-state index contributed by atoms with van der Waals surface area (Å²) in [6, 6.07) is 10.8. The molecule has 0 saturated carbocycles. The molecule has 2 aromatic carbocycles. The number of nitrogens with zero attached hydrogens (tertiary/aromatic N) is 1. The number of anilines is 1. The molecular weight excluding hydrogens is 355 g/mol. The lowest BCUT2D eigenvalue weighted by Crippen LogP contribution is -2.20. The average Bonchev–Trinajstić information content (AvgIpc) is 2.62. The molecule has 0 fully saturated rings. The molecule has 0 heterocycles. The molecule has 5 nitrogen and oxygen atoms in total. The van der Waals surface area contributed by atoms with Gasteiger partial charge in [-0.15, -0.1) is 0 Å². The highest BCUT2D eigenvalue weighted by atomic mass is 32.2. The number of carbonyl (C=O) groups is 2. The van der Waals surface area contributed by atoms with Crippen molar-refractivity contribution in [3.63, 3.8) is 0 Å². The van der Waals surface area contributed by atoms with Crippen molar-refractivity contribution in [2.45, 2.75) is 11.8 Å². The second-order valence-electron chi connectivity index (χ2n) is 5.21. The number of hydrogen-bond donors (Lipinski definition) is 1. The Balaban J connectivity index is 1.83. The number of benzene rings is 2. The Labute approximate surface area is 154 Å². The third kappa shape index (κ3) is 6.07. The van der Waals surface area contributed by atoms with E-state index in [1.165, 1.54) is 36.4 Å². The molecule has 0 bridgehead atoms. The summed E-state index contributed by atoms with van der Waals surface area (Å²) in [5, 5.41) is 13.3. The number of thiocyanates is 1. The molecule has 7 heteroatoms. The van der Waals surface area contributed by atoms with E-state index in [4.69, 9.17) is 10.00 Å². The molecule has 1 amide bonds. The largest absolute Gasteiger partial charge is 0.452 e. The summed E-state index contributed by atoms with van der Waals surface area (Å²) < 4.78 is 17.7. The predicted octanol–water partition coefficient (Wildman–Crippen LogP) is 3.90. The number of amides is 1. The van der Waals surface area contributed by atoms with E-state index in [1.54, 1.807) is 25.1 Å². The van der Waals surface area contributed by atoms with E-state index >= 15 is 0 Å². The number of esters is 1. The van der Waals surface area contributed by atoms with Crippen LogP contribution in [0.15, 0.2) is 53.4 Å². The van der Waals surface area contributed by atoms with Crippen LogP contribution in [0.1, 0.15) is 11.1 Å². The Kier molecular flexibility index (Phi) is 6.94. The van der Waals surface area contributed by atoms with Crippen molar-refractivity contribution in [1.29, 1.82) is 5.26 Å². The third-order valence-corrected chi connectivity index (χ3v) is 3.84. The molecular formula is C19H15FN2O3S. The molecule has 0 saturated heterocycles. The van der Waals surface area contributed by atoms with Crippen LogP contribution in [-0.2, 0) is 14.3 Å². The topological polar surface area (TPSA) is 79.2 Å². The van der Waals surface area contributed by atoms with Crippen LogP contribution in [0.2, 0.25) is 0 Å². The fourth-order valence-corrected chi connectivity index (χ4v) is 2.48. The third-order valence-electron chi connectivity index (χ3n) is 3.26. The van der Waals surface area contributed by atoms with Gasteiger partial charge in [-0.05, 0) is 66.2 Å². The maximum absolute atomic E-state index is 12.8. The Morgan fingerprint density at radius 2 is 2.00 bits per heavy atom. The molecule has 0 aliphatic heterocycles. The van der Waals surface area contributed by atoms with Crippen molar-refractivity contribution in [2.24, 2.45) is 0 Å². The van der Waals surface area contributed by atoms with Crippen LogP contribution in [0.5, 0.6) is 0 Å². The van der Waals surface area contributed by atoms with Crippen molar-refractivity contribution < 1.29 is 18.7 Å². The van der Waals surface area contributed by atoms with Crippen LogP contribution in [0.25, 0.3) is 6.08 Å². The molecule has 0 aromatic heterocycles. The summed E-state index contributed by atoms with van der Waals surface area (Å²) in [5.41, 5.74) is 2.01. The molecule has 1 N–H and O–H groups in total. The van der Waals surface area contributed by atoms with Gasteiger partial charge in [-0.25, -0.2) is 9.18 Å². The van der Waals surface area contributed by atoms with Crippen molar-refractivity contribution >= 4 is 35.4 Å². The second-order valence-corrected chi connectivity index (χ2v) is 6.07. The van der Waals surface area contributed by atoms with E-state index in [9.17, 15) is 14.0 Å². The number of halogens is 1. The molecule has 2 aromatic rings. The highest BCUT2D eigenvalue weighted by Gasteiger charge is 2.08. The van der Waals surface area contributed by atoms with Gasteiger partial charge in [-0.3, -0.25) is 4.79 Å². The van der Waals surface area contributed by atoms with Gasteiger partial charge in [0.15, 0.2) is 6.61 Å². The van der Waals surface area contributed by atoms with Gasteiger partial charge in [0, 0.05) is 16.7 Å². The minimum atomic E-state index is -0.679. The first-order chi connectivity index (χ1) is 12.5. The van der Waals surface area contributed by atoms with Gasteiger partial charge in [0.2, 0.25) is 0 Å². The molecule has 0 atom stereocenters.